The molecule has 0 amide bonds. The molecule has 0 aliphatic rings. The van der Waals surface area contributed by atoms with Crippen molar-refractivity contribution in [2.45, 2.75) is 13.8 Å². The molecule has 2 aromatic heterocycles. The minimum atomic E-state index is 1.42. The van der Waals surface area contributed by atoms with E-state index in [2.05, 4.69) is 36.7 Å². The van der Waals surface area contributed by atoms with Crippen molar-refractivity contribution in [1.29, 1.82) is 0 Å². The number of hydrogen-bond donors (Lipinski definition) is 0. The summed E-state index contributed by atoms with van der Waals surface area (Å²) in [6, 6.07) is 4.40. The van der Waals surface area contributed by atoms with Crippen LogP contribution in [0.1, 0.15) is 11.1 Å². The van der Waals surface area contributed by atoms with Crippen molar-refractivity contribution in [3.63, 3.8) is 0 Å². The third kappa shape index (κ3) is 2.44. The van der Waals surface area contributed by atoms with Gasteiger partial charge in [-0.2, -0.15) is 0 Å². The lowest BCUT2D eigenvalue weighted by atomic mass is 10.4. The third-order valence-electron chi connectivity index (χ3n) is 1.90. The van der Waals surface area contributed by atoms with Gasteiger partial charge in [-0.15, -0.1) is 22.7 Å². The van der Waals surface area contributed by atoms with Crippen LogP contribution >= 0.6 is 39.2 Å². The molecular formula is C10H10P2S2. The lowest BCUT2D eigenvalue weighted by Gasteiger charge is -1.97. The molecule has 2 aromatic rings. The van der Waals surface area contributed by atoms with E-state index in [4.69, 9.17) is 0 Å². The summed E-state index contributed by atoms with van der Waals surface area (Å²) in [6.07, 6.45) is 0. The van der Waals surface area contributed by atoms with Gasteiger partial charge in [-0.3, -0.25) is 0 Å². The average molecular weight is 256 g/mol. The molecule has 0 nitrogen and oxygen atoms in total. The van der Waals surface area contributed by atoms with Gasteiger partial charge in [-0.25, -0.2) is 0 Å². The van der Waals surface area contributed by atoms with Crippen molar-refractivity contribution in [2.75, 3.05) is 0 Å². The number of hydrogen-bond acceptors (Lipinski definition) is 2. The van der Waals surface area contributed by atoms with Crippen molar-refractivity contribution in [2.24, 2.45) is 0 Å². The molecule has 0 atom stereocenters. The van der Waals surface area contributed by atoms with Crippen LogP contribution in [-0.4, -0.2) is 0 Å². The van der Waals surface area contributed by atoms with Gasteiger partial charge in [-0.1, -0.05) is 0 Å². The second-order valence-electron chi connectivity index (χ2n) is 3.02. The molecule has 0 aliphatic heterocycles. The van der Waals surface area contributed by atoms with E-state index >= 15 is 0 Å². The minimum Gasteiger partial charge on any atom is -0.143 e. The first-order chi connectivity index (χ1) is 6.77. The summed E-state index contributed by atoms with van der Waals surface area (Å²) in [5.41, 5.74) is 2.86. The predicted octanol–water partition coefficient (Wildman–Crippen LogP) is 4.18. The van der Waals surface area contributed by atoms with Gasteiger partial charge < -0.3 is 0 Å². The van der Waals surface area contributed by atoms with Crippen LogP contribution in [0.5, 0.6) is 0 Å². The van der Waals surface area contributed by atoms with Gasteiger partial charge in [-0.05, 0) is 47.9 Å². The maximum Gasteiger partial charge on any atom is 0.0408 e. The van der Waals surface area contributed by atoms with E-state index in [1.54, 1.807) is 0 Å². The molecule has 2 heterocycles. The topological polar surface area (TPSA) is 0 Å². The summed E-state index contributed by atoms with van der Waals surface area (Å²) in [5.74, 6) is 0. The summed E-state index contributed by atoms with van der Waals surface area (Å²) in [5, 5.41) is 4.35. The van der Waals surface area contributed by atoms with E-state index < -0.39 is 0 Å². The Morgan fingerprint density at radius 1 is 0.857 bits per heavy atom. The van der Waals surface area contributed by atoms with Gasteiger partial charge in [0.05, 0.1) is 0 Å². The van der Waals surface area contributed by atoms with Crippen molar-refractivity contribution in [3.8, 4) is 0 Å². The Morgan fingerprint density at radius 3 is 1.57 bits per heavy atom. The van der Waals surface area contributed by atoms with Crippen LogP contribution in [0.15, 0.2) is 22.9 Å². The molecule has 0 saturated carbocycles. The Balaban J connectivity index is 2.02. The normalized spacial score (nSPS) is 12.4. The fourth-order valence-electron chi connectivity index (χ4n) is 1.03. The van der Waals surface area contributed by atoms with Gasteiger partial charge in [0.15, 0.2) is 0 Å². The van der Waals surface area contributed by atoms with Crippen LogP contribution in [0.4, 0.5) is 0 Å². The third-order valence-corrected chi connectivity index (χ3v) is 8.20. The second kappa shape index (κ2) is 4.86. The minimum absolute atomic E-state index is 1.42. The largest absolute Gasteiger partial charge is 0.143 e. The fraction of sp³-hybridized carbons (Fsp3) is 0.200. The molecule has 4 heteroatoms. The first-order valence-electron chi connectivity index (χ1n) is 4.27. The summed E-state index contributed by atoms with van der Waals surface area (Å²) in [7, 11) is 2.85. The van der Waals surface area contributed by atoms with E-state index in [0.717, 1.165) is 0 Å². The Bertz CT molecular complexity index is 377. The molecule has 14 heavy (non-hydrogen) atoms. The fourth-order valence-corrected chi connectivity index (χ4v) is 6.80. The van der Waals surface area contributed by atoms with Crippen molar-refractivity contribution >= 4 is 48.4 Å². The van der Waals surface area contributed by atoms with Crippen molar-refractivity contribution in [3.05, 3.63) is 34.0 Å². The molecule has 0 N–H and O–H groups in total. The van der Waals surface area contributed by atoms with Crippen LogP contribution < -0.4 is 9.24 Å². The predicted molar refractivity (Wildman–Crippen MR) is 71.2 cm³/mol. The van der Waals surface area contributed by atoms with E-state index in [9.17, 15) is 0 Å². The molecule has 72 valence electrons. The van der Waals surface area contributed by atoms with E-state index in [1.807, 2.05) is 22.7 Å². The highest BCUT2D eigenvalue weighted by molar-refractivity contribution is 8.21. The zero-order valence-electron chi connectivity index (χ0n) is 8.02. The standard InChI is InChI=1S/C10H10P2S2/c1-7-3-5-13-9(7)11-12-10-8(2)4-6-14-10/h3-6H,1-2H3. The Hall–Kier alpha value is 0.260. The molecule has 0 unspecified atom stereocenters. The SMILES string of the molecule is Cc1ccsc1[P][P]c1sccc1C. The van der Waals surface area contributed by atoms with Gasteiger partial charge in [0.25, 0.3) is 0 Å². The van der Waals surface area contributed by atoms with Gasteiger partial charge in [0.2, 0.25) is 0 Å². The molecule has 2 radical (unpaired) electrons. The molecule has 0 spiro atoms. The highest BCUT2D eigenvalue weighted by Crippen LogP contribution is 2.39. The monoisotopic (exact) mass is 256 g/mol. The lowest BCUT2D eigenvalue weighted by molar-refractivity contribution is 1.59. The highest BCUT2D eigenvalue weighted by Gasteiger charge is 2.05. The zero-order chi connectivity index (χ0) is 9.97. The zero-order valence-corrected chi connectivity index (χ0v) is 11.4. The van der Waals surface area contributed by atoms with Gasteiger partial charge in [0.1, 0.15) is 0 Å². The highest BCUT2D eigenvalue weighted by atomic mass is 32.1. The van der Waals surface area contributed by atoms with E-state index in [-0.39, 0.29) is 0 Å². The average Bonchev–Trinajstić information content (AvgIpc) is 2.72. The van der Waals surface area contributed by atoms with Crippen LogP contribution in [0, 0.1) is 13.8 Å². The van der Waals surface area contributed by atoms with Crippen molar-refractivity contribution in [1.82, 2.24) is 0 Å². The maximum absolute atomic E-state index is 2.20. The molecule has 2 rings (SSSR count). The molecule has 0 aromatic carbocycles. The summed E-state index contributed by atoms with van der Waals surface area (Å²) in [4.78, 5) is 0. The first-order valence-corrected chi connectivity index (χ1v) is 8.52. The second-order valence-corrected chi connectivity index (χ2v) is 7.95. The van der Waals surface area contributed by atoms with Crippen LogP contribution in [0.25, 0.3) is 0 Å². The number of aryl methyl sites for hydroxylation is 2. The van der Waals surface area contributed by atoms with Gasteiger partial charge >= 0.3 is 0 Å². The van der Waals surface area contributed by atoms with Gasteiger partial charge in [0, 0.05) is 25.8 Å². The molecule has 0 fully saturated rings. The summed E-state index contributed by atoms with van der Waals surface area (Å²) < 4.78 is 3.00. The van der Waals surface area contributed by atoms with Crippen LogP contribution in [0.3, 0.4) is 0 Å². The van der Waals surface area contributed by atoms with Crippen molar-refractivity contribution < 1.29 is 0 Å². The quantitative estimate of drug-likeness (QED) is 0.722. The smallest absolute Gasteiger partial charge is 0.0408 e. The molecule has 0 saturated heterocycles. The van der Waals surface area contributed by atoms with Crippen LogP contribution in [0.2, 0.25) is 0 Å². The van der Waals surface area contributed by atoms with E-state index in [0.29, 0.717) is 0 Å². The Labute approximate surface area is 96.2 Å². The Morgan fingerprint density at radius 2 is 1.29 bits per heavy atom. The summed E-state index contributed by atoms with van der Waals surface area (Å²) in [6.45, 7) is 4.38. The number of thiophene rings is 2. The molecule has 0 aliphatic carbocycles. The number of rotatable bonds is 3. The van der Waals surface area contributed by atoms with E-state index in [1.165, 1.54) is 36.9 Å². The molecular weight excluding hydrogens is 246 g/mol. The molecule has 0 bridgehead atoms. The maximum atomic E-state index is 2.20. The first kappa shape index (κ1) is 10.8. The lowest BCUT2D eigenvalue weighted by Crippen LogP contribution is -1.91. The summed E-state index contributed by atoms with van der Waals surface area (Å²) >= 11 is 3.73. The van der Waals surface area contributed by atoms with Crippen LogP contribution in [-0.2, 0) is 0 Å². The Kier molecular flexibility index (Phi) is 3.73.